The number of nitrogens with zero attached hydrogens (tertiary/aromatic N) is 1. The van der Waals surface area contributed by atoms with Gasteiger partial charge in [0.15, 0.2) is 6.10 Å². The van der Waals surface area contributed by atoms with Crippen LogP contribution in [0.5, 0.6) is 5.75 Å². The van der Waals surface area contributed by atoms with Gasteiger partial charge >= 0.3 is 0 Å². The van der Waals surface area contributed by atoms with E-state index in [1.807, 2.05) is 0 Å². The Morgan fingerprint density at radius 2 is 1.91 bits per heavy atom. The van der Waals surface area contributed by atoms with Crippen LogP contribution in [0.3, 0.4) is 0 Å². The molecule has 1 atom stereocenters. The molecular weight excluding hydrogens is 284 g/mol. The highest BCUT2D eigenvalue weighted by atomic mass is 16.5. The van der Waals surface area contributed by atoms with Crippen LogP contribution >= 0.6 is 0 Å². The lowest BCUT2D eigenvalue weighted by atomic mass is 10.1. The number of para-hydroxylation sites is 1. The predicted molar refractivity (Wildman–Crippen MR) is 78.4 cm³/mol. The van der Waals surface area contributed by atoms with Gasteiger partial charge in [0.05, 0.1) is 5.56 Å². The molecule has 2 aliphatic heterocycles. The van der Waals surface area contributed by atoms with Crippen molar-refractivity contribution in [3.63, 3.8) is 0 Å². The number of benzene rings is 1. The normalized spacial score (nSPS) is 21.6. The van der Waals surface area contributed by atoms with E-state index in [2.05, 4.69) is 5.32 Å². The smallest absolute Gasteiger partial charge is 0.267 e. The first-order valence-electron chi connectivity index (χ1n) is 7.54. The van der Waals surface area contributed by atoms with Gasteiger partial charge in [-0.05, 0) is 25.0 Å². The molecule has 6 heteroatoms. The number of nitrogens with one attached hydrogen (secondary N) is 1. The van der Waals surface area contributed by atoms with E-state index in [4.69, 9.17) is 4.74 Å². The summed E-state index contributed by atoms with van der Waals surface area (Å²) < 4.78 is 5.72. The molecule has 0 aliphatic carbocycles. The first kappa shape index (κ1) is 14.6. The van der Waals surface area contributed by atoms with Gasteiger partial charge in [-0.2, -0.15) is 0 Å². The number of hydrogen-bond acceptors (Lipinski definition) is 4. The molecule has 2 fully saturated rings. The van der Waals surface area contributed by atoms with Crippen LogP contribution < -0.4 is 10.1 Å². The minimum absolute atomic E-state index is 0.0691. The standard InChI is InChI=1S/C16H18N2O4/c19-14-8-7-13(15(20)17-14)22-12-6-2-1-5-11(12)16(21)18-9-3-4-10-18/h1-2,5-6,13H,3-4,7-10H2,(H,17,19,20). The summed E-state index contributed by atoms with van der Waals surface area (Å²) >= 11 is 0. The summed E-state index contributed by atoms with van der Waals surface area (Å²) in [4.78, 5) is 37.3. The van der Waals surface area contributed by atoms with Crippen LogP contribution in [0.25, 0.3) is 0 Å². The quantitative estimate of drug-likeness (QED) is 0.849. The van der Waals surface area contributed by atoms with E-state index < -0.39 is 12.0 Å². The molecule has 0 saturated carbocycles. The molecule has 1 unspecified atom stereocenters. The molecule has 116 valence electrons. The number of carbonyl (C=O) groups excluding carboxylic acids is 3. The Hall–Kier alpha value is -2.37. The monoisotopic (exact) mass is 302 g/mol. The van der Waals surface area contributed by atoms with Crippen molar-refractivity contribution in [2.45, 2.75) is 31.8 Å². The van der Waals surface area contributed by atoms with Crippen molar-refractivity contribution in [3.8, 4) is 5.75 Å². The van der Waals surface area contributed by atoms with Gasteiger partial charge in [-0.15, -0.1) is 0 Å². The molecule has 2 aliphatic rings. The molecule has 0 aromatic heterocycles. The largest absolute Gasteiger partial charge is 0.480 e. The van der Waals surface area contributed by atoms with E-state index in [1.165, 1.54) is 0 Å². The lowest BCUT2D eigenvalue weighted by Crippen LogP contribution is -2.46. The summed E-state index contributed by atoms with van der Waals surface area (Å²) in [5.41, 5.74) is 0.467. The molecule has 2 saturated heterocycles. The molecule has 0 spiro atoms. The predicted octanol–water partition coefficient (Wildman–Crippen LogP) is 1.11. The van der Waals surface area contributed by atoms with E-state index in [0.29, 0.717) is 17.7 Å². The van der Waals surface area contributed by atoms with Crippen LogP contribution in [0.15, 0.2) is 24.3 Å². The summed E-state index contributed by atoms with van der Waals surface area (Å²) in [7, 11) is 0. The Balaban J connectivity index is 1.77. The summed E-state index contributed by atoms with van der Waals surface area (Å²) in [6.07, 6.45) is 1.88. The van der Waals surface area contributed by atoms with Gasteiger partial charge in [-0.25, -0.2) is 0 Å². The first-order chi connectivity index (χ1) is 10.6. The number of carbonyl (C=O) groups is 3. The Labute approximate surface area is 128 Å². The van der Waals surface area contributed by atoms with E-state index in [-0.39, 0.29) is 18.2 Å². The summed E-state index contributed by atoms with van der Waals surface area (Å²) in [5, 5.41) is 2.26. The van der Waals surface area contributed by atoms with Gasteiger partial charge in [0.25, 0.3) is 11.8 Å². The SMILES string of the molecule is O=C1CCC(Oc2ccccc2C(=O)N2CCCC2)C(=O)N1. The number of amides is 3. The molecule has 22 heavy (non-hydrogen) atoms. The molecule has 1 aromatic carbocycles. The molecule has 1 N–H and O–H groups in total. The van der Waals surface area contributed by atoms with Crippen LogP contribution in [0.1, 0.15) is 36.0 Å². The zero-order valence-electron chi connectivity index (χ0n) is 12.2. The summed E-state index contributed by atoms with van der Waals surface area (Å²) in [5.74, 6) is -0.403. The van der Waals surface area contributed by atoms with E-state index in [1.54, 1.807) is 29.2 Å². The van der Waals surface area contributed by atoms with Crippen LogP contribution in [-0.2, 0) is 9.59 Å². The van der Waals surface area contributed by atoms with E-state index in [9.17, 15) is 14.4 Å². The van der Waals surface area contributed by atoms with Gasteiger partial charge in [0.2, 0.25) is 5.91 Å². The third-order valence-corrected chi connectivity index (χ3v) is 3.97. The number of rotatable bonds is 3. The minimum Gasteiger partial charge on any atom is -0.480 e. The van der Waals surface area contributed by atoms with Crippen LogP contribution in [0, 0.1) is 0 Å². The Kier molecular flexibility index (Phi) is 4.09. The lowest BCUT2D eigenvalue weighted by molar-refractivity contribution is -0.138. The second-order valence-corrected chi connectivity index (χ2v) is 5.55. The fourth-order valence-corrected chi connectivity index (χ4v) is 2.78. The number of imide groups is 1. The zero-order chi connectivity index (χ0) is 15.5. The molecule has 0 radical (unpaired) electrons. The first-order valence-corrected chi connectivity index (χ1v) is 7.54. The Morgan fingerprint density at radius 3 is 2.64 bits per heavy atom. The number of piperidine rings is 1. The Morgan fingerprint density at radius 1 is 1.18 bits per heavy atom. The van der Waals surface area contributed by atoms with Gasteiger partial charge in [-0.3, -0.25) is 19.7 Å². The van der Waals surface area contributed by atoms with Crippen molar-refractivity contribution < 1.29 is 19.1 Å². The lowest BCUT2D eigenvalue weighted by Gasteiger charge is -2.24. The average molecular weight is 302 g/mol. The van der Waals surface area contributed by atoms with Crippen molar-refractivity contribution in [3.05, 3.63) is 29.8 Å². The second-order valence-electron chi connectivity index (χ2n) is 5.55. The summed E-state index contributed by atoms with van der Waals surface area (Å²) in [6, 6.07) is 6.94. The maximum Gasteiger partial charge on any atom is 0.267 e. The Bertz CT molecular complexity index is 608. The third kappa shape index (κ3) is 2.95. The molecule has 0 bridgehead atoms. The van der Waals surface area contributed by atoms with Crippen molar-refractivity contribution >= 4 is 17.7 Å². The average Bonchev–Trinajstić information content (AvgIpc) is 3.04. The summed E-state index contributed by atoms with van der Waals surface area (Å²) in [6.45, 7) is 1.51. The fourth-order valence-electron chi connectivity index (χ4n) is 2.78. The van der Waals surface area contributed by atoms with Crippen molar-refractivity contribution in [1.82, 2.24) is 10.2 Å². The maximum absolute atomic E-state index is 12.5. The zero-order valence-corrected chi connectivity index (χ0v) is 12.2. The van der Waals surface area contributed by atoms with Crippen LogP contribution in [0.2, 0.25) is 0 Å². The second kappa shape index (κ2) is 6.17. The van der Waals surface area contributed by atoms with Crippen molar-refractivity contribution in [2.24, 2.45) is 0 Å². The maximum atomic E-state index is 12.5. The highest BCUT2D eigenvalue weighted by Gasteiger charge is 2.30. The number of ether oxygens (including phenoxy) is 1. The van der Waals surface area contributed by atoms with Crippen LogP contribution in [-0.4, -0.2) is 41.8 Å². The fraction of sp³-hybridized carbons (Fsp3) is 0.438. The topological polar surface area (TPSA) is 75.7 Å². The highest BCUT2D eigenvalue weighted by Crippen LogP contribution is 2.24. The van der Waals surface area contributed by atoms with Gasteiger partial charge in [-0.1, -0.05) is 12.1 Å². The highest BCUT2D eigenvalue weighted by molar-refractivity contribution is 6.00. The van der Waals surface area contributed by atoms with Crippen LogP contribution in [0.4, 0.5) is 0 Å². The number of likely N-dealkylation sites (tertiary alicyclic amines) is 1. The van der Waals surface area contributed by atoms with E-state index >= 15 is 0 Å². The van der Waals surface area contributed by atoms with E-state index in [0.717, 1.165) is 25.9 Å². The molecule has 6 nitrogen and oxygen atoms in total. The van der Waals surface area contributed by atoms with Gasteiger partial charge in [0.1, 0.15) is 5.75 Å². The van der Waals surface area contributed by atoms with Crippen molar-refractivity contribution in [1.29, 1.82) is 0 Å². The van der Waals surface area contributed by atoms with Gasteiger partial charge < -0.3 is 9.64 Å². The molecular formula is C16H18N2O4. The minimum atomic E-state index is -0.731. The van der Waals surface area contributed by atoms with Crippen molar-refractivity contribution in [2.75, 3.05) is 13.1 Å². The molecule has 1 aromatic rings. The number of hydrogen-bond donors (Lipinski definition) is 1. The molecule has 2 heterocycles. The van der Waals surface area contributed by atoms with Gasteiger partial charge in [0, 0.05) is 25.9 Å². The third-order valence-electron chi connectivity index (χ3n) is 3.97. The molecule has 3 amide bonds. The molecule has 3 rings (SSSR count).